The van der Waals surface area contributed by atoms with Crippen molar-refractivity contribution in [3.05, 3.63) is 63.1 Å². The number of hydrogen-bond donors (Lipinski definition) is 0. The number of halogens is 3. The van der Waals surface area contributed by atoms with Gasteiger partial charge in [0.25, 0.3) is 0 Å². The predicted molar refractivity (Wildman–Crippen MR) is 101 cm³/mol. The van der Waals surface area contributed by atoms with Gasteiger partial charge in [-0.15, -0.1) is 0 Å². The number of carbonyl (C=O) groups excluding carboxylic acids is 1. The van der Waals surface area contributed by atoms with E-state index < -0.39 is 5.72 Å². The van der Waals surface area contributed by atoms with Gasteiger partial charge in [-0.1, -0.05) is 40.9 Å². The molecule has 2 aliphatic rings. The molecule has 2 aromatic carbocycles. The number of nitrogens with zero attached hydrogens (tertiary/aromatic N) is 1. The molecule has 2 heterocycles. The van der Waals surface area contributed by atoms with Crippen molar-refractivity contribution in [2.75, 3.05) is 19.8 Å². The van der Waals surface area contributed by atoms with E-state index in [4.69, 9.17) is 44.3 Å². The number of fused-ring (bicyclic) bond motifs is 1. The largest absolute Gasteiger partial charge is 0.489 e. The zero-order chi connectivity index (χ0) is 18.3. The van der Waals surface area contributed by atoms with Crippen LogP contribution < -0.4 is 4.74 Å². The zero-order valence-electron chi connectivity index (χ0n) is 13.8. The first-order valence-corrected chi connectivity index (χ1v) is 9.41. The molecule has 2 saturated heterocycles. The monoisotopic (exact) mass is 411 g/mol. The Balaban J connectivity index is 1.65. The average molecular weight is 413 g/mol. The van der Waals surface area contributed by atoms with Gasteiger partial charge in [0.05, 0.1) is 16.7 Å². The summed E-state index contributed by atoms with van der Waals surface area (Å²) in [7, 11) is 0. The van der Waals surface area contributed by atoms with Crippen LogP contribution in [-0.2, 0) is 9.53 Å². The first-order chi connectivity index (χ1) is 12.5. The third kappa shape index (κ3) is 3.05. The molecule has 2 atom stereocenters. The van der Waals surface area contributed by atoms with Gasteiger partial charge in [-0.05, 0) is 42.0 Å². The highest BCUT2D eigenvalue weighted by atomic mass is 35.5. The van der Waals surface area contributed by atoms with Crippen LogP contribution in [0.4, 0.5) is 0 Å². The van der Waals surface area contributed by atoms with Crippen LogP contribution in [0, 0.1) is 0 Å². The fourth-order valence-corrected chi connectivity index (χ4v) is 4.13. The lowest BCUT2D eigenvalue weighted by Gasteiger charge is -2.35. The maximum atomic E-state index is 12.6. The van der Waals surface area contributed by atoms with Crippen molar-refractivity contribution in [3.63, 3.8) is 0 Å². The van der Waals surface area contributed by atoms with E-state index in [2.05, 4.69) is 0 Å². The molecule has 0 aliphatic carbocycles. The molecule has 1 amide bonds. The van der Waals surface area contributed by atoms with E-state index in [1.807, 2.05) is 6.07 Å². The fourth-order valence-electron chi connectivity index (χ4n) is 3.69. The van der Waals surface area contributed by atoms with E-state index >= 15 is 0 Å². The number of rotatable bonds is 4. The maximum Gasteiger partial charge on any atom is 0.225 e. The maximum absolute atomic E-state index is 12.6. The van der Waals surface area contributed by atoms with E-state index in [1.165, 1.54) is 0 Å². The first kappa shape index (κ1) is 17.9. The average Bonchev–Trinajstić information content (AvgIpc) is 3.16. The molecule has 2 fully saturated rings. The summed E-state index contributed by atoms with van der Waals surface area (Å²) >= 11 is 18.1. The molecule has 136 valence electrons. The lowest BCUT2D eigenvalue weighted by Crippen LogP contribution is -2.49. The molecule has 2 aromatic rings. The minimum absolute atomic E-state index is 0.0540. The number of carbonyl (C=O) groups is 1. The molecule has 0 unspecified atom stereocenters. The summed E-state index contributed by atoms with van der Waals surface area (Å²) in [6, 6.07) is 12.6. The van der Waals surface area contributed by atoms with E-state index in [0.717, 1.165) is 5.56 Å². The molecular weight excluding hydrogens is 397 g/mol. The normalized spacial score (nSPS) is 24.8. The number of hydrogen-bond acceptors (Lipinski definition) is 3. The Morgan fingerprint density at radius 2 is 1.88 bits per heavy atom. The highest BCUT2D eigenvalue weighted by molar-refractivity contribution is 6.42. The Morgan fingerprint density at radius 1 is 1.12 bits per heavy atom. The summed E-state index contributed by atoms with van der Waals surface area (Å²) in [4.78, 5) is 14.3. The highest BCUT2D eigenvalue weighted by Crippen LogP contribution is 2.47. The van der Waals surface area contributed by atoms with Crippen molar-refractivity contribution in [1.29, 1.82) is 0 Å². The standard InChI is InChI=1S/C19H16Cl3NO3/c20-13-2-4-14(5-3-13)25-11-19-15(10-18(24)23(19)7-8-26-19)12-1-6-16(21)17(22)9-12/h1-6,9,15H,7-8,10-11H2/t15-,19+/m0/s1. The van der Waals surface area contributed by atoms with Gasteiger partial charge in [0.2, 0.25) is 5.91 Å². The van der Waals surface area contributed by atoms with Gasteiger partial charge in [0.1, 0.15) is 12.4 Å². The van der Waals surface area contributed by atoms with Gasteiger partial charge >= 0.3 is 0 Å². The van der Waals surface area contributed by atoms with Gasteiger partial charge < -0.3 is 14.4 Å². The molecule has 0 N–H and O–H groups in total. The number of benzene rings is 2. The minimum atomic E-state index is -0.839. The summed E-state index contributed by atoms with van der Waals surface area (Å²) in [6.07, 6.45) is 0.349. The Bertz CT molecular complexity index is 842. The van der Waals surface area contributed by atoms with Crippen molar-refractivity contribution >= 4 is 40.7 Å². The van der Waals surface area contributed by atoms with Crippen LogP contribution in [0.2, 0.25) is 15.1 Å². The molecule has 7 heteroatoms. The molecule has 4 rings (SSSR count). The van der Waals surface area contributed by atoms with Gasteiger partial charge in [0, 0.05) is 23.9 Å². The second-order valence-corrected chi connectivity index (χ2v) is 7.66. The summed E-state index contributed by atoms with van der Waals surface area (Å²) in [5.74, 6) is 0.546. The summed E-state index contributed by atoms with van der Waals surface area (Å²) < 4.78 is 12.1. The Labute approximate surface area is 166 Å². The third-order valence-corrected chi connectivity index (χ3v) is 5.94. The SMILES string of the molecule is O=C1C[C@@H](c2ccc(Cl)c(Cl)c2)[C@@]2(COc3ccc(Cl)cc3)OCCN12. The van der Waals surface area contributed by atoms with Crippen LogP contribution in [0.3, 0.4) is 0 Å². The zero-order valence-corrected chi connectivity index (χ0v) is 16.0. The molecular formula is C19H16Cl3NO3. The fraction of sp³-hybridized carbons (Fsp3) is 0.316. The lowest BCUT2D eigenvalue weighted by molar-refractivity contribution is -0.142. The van der Waals surface area contributed by atoms with Crippen LogP contribution in [0.1, 0.15) is 17.9 Å². The topological polar surface area (TPSA) is 38.8 Å². The molecule has 0 aromatic heterocycles. The summed E-state index contributed by atoms with van der Waals surface area (Å²) in [6.45, 7) is 1.26. The highest BCUT2D eigenvalue weighted by Gasteiger charge is 2.58. The Morgan fingerprint density at radius 3 is 2.62 bits per heavy atom. The van der Waals surface area contributed by atoms with E-state index in [9.17, 15) is 4.79 Å². The van der Waals surface area contributed by atoms with Gasteiger partial charge in [-0.3, -0.25) is 4.79 Å². The number of amides is 1. The van der Waals surface area contributed by atoms with E-state index in [-0.39, 0.29) is 18.4 Å². The van der Waals surface area contributed by atoms with Crippen LogP contribution in [0.15, 0.2) is 42.5 Å². The molecule has 0 saturated carbocycles. The molecule has 4 nitrogen and oxygen atoms in total. The Hall–Kier alpha value is -1.46. The minimum Gasteiger partial charge on any atom is -0.489 e. The van der Waals surface area contributed by atoms with Crippen molar-refractivity contribution in [2.45, 2.75) is 18.1 Å². The van der Waals surface area contributed by atoms with E-state index in [0.29, 0.717) is 40.4 Å². The van der Waals surface area contributed by atoms with Crippen molar-refractivity contribution in [3.8, 4) is 5.75 Å². The predicted octanol–water partition coefficient (Wildman–Crippen LogP) is 4.77. The van der Waals surface area contributed by atoms with Crippen LogP contribution >= 0.6 is 34.8 Å². The second kappa shape index (κ2) is 6.93. The lowest BCUT2D eigenvalue weighted by atomic mass is 9.89. The number of ether oxygens (including phenoxy) is 2. The molecule has 0 spiro atoms. The van der Waals surface area contributed by atoms with Crippen LogP contribution in [0.25, 0.3) is 0 Å². The smallest absolute Gasteiger partial charge is 0.225 e. The van der Waals surface area contributed by atoms with Gasteiger partial charge in [0.15, 0.2) is 5.72 Å². The second-order valence-electron chi connectivity index (χ2n) is 6.41. The first-order valence-electron chi connectivity index (χ1n) is 8.27. The molecule has 26 heavy (non-hydrogen) atoms. The van der Waals surface area contributed by atoms with Crippen LogP contribution in [-0.4, -0.2) is 36.3 Å². The van der Waals surface area contributed by atoms with Crippen LogP contribution in [0.5, 0.6) is 5.75 Å². The van der Waals surface area contributed by atoms with Crippen molar-refractivity contribution in [2.24, 2.45) is 0 Å². The molecule has 0 radical (unpaired) electrons. The molecule has 0 bridgehead atoms. The third-order valence-electron chi connectivity index (χ3n) is 4.95. The summed E-state index contributed by atoms with van der Waals surface area (Å²) in [5.41, 5.74) is 0.0743. The quantitative estimate of drug-likeness (QED) is 0.726. The van der Waals surface area contributed by atoms with E-state index in [1.54, 1.807) is 41.3 Å². The van der Waals surface area contributed by atoms with Gasteiger partial charge in [-0.2, -0.15) is 0 Å². The van der Waals surface area contributed by atoms with Gasteiger partial charge in [-0.25, -0.2) is 0 Å². The Kier molecular flexibility index (Phi) is 4.78. The molecule has 2 aliphatic heterocycles. The van der Waals surface area contributed by atoms with Crippen molar-refractivity contribution < 1.29 is 14.3 Å². The summed E-state index contributed by atoms with van der Waals surface area (Å²) in [5, 5.41) is 1.58. The van der Waals surface area contributed by atoms with Crippen molar-refractivity contribution in [1.82, 2.24) is 4.90 Å².